The van der Waals surface area contributed by atoms with Gasteiger partial charge in [-0.25, -0.2) is 0 Å². The van der Waals surface area contributed by atoms with Crippen molar-refractivity contribution in [1.82, 2.24) is 0 Å². The van der Waals surface area contributed by atoms with Crippen molar-refractivity contribution in [2.45, 2.75) is 27.2 Å². The Labute approximate surface area is 101 Å². The zero-order chi connectivity index (χ0) is 13.1. The minimum atomic E-state index is -0.937. The molecule has 0 aliphatic carbocycles. The van der Waals surface area contributed by atoms with Crippen LogP contribution >= 0.6 is 0 Å². The smallest absolute Gasteiger partial charge is 0.312 e. The van der Waals surface area contributed by atoms with E-state index in [9.17, 15) is 9.90 Å². The highest BCUT2D eigenvalue weighted by Crippen LogP contribution is 2.31. The summed E-state index contributed by atoms with van der Waals surface area (Å²) < 4.78 is 0. The van der Waals surface area contributed by atoms with Gasteiger partial charge in [0.1, 0.15) is 5.75 Å². The second-order valence-corrected chi connectivity index (χ2v) is 4.57. The van der Waals surface area contributed by atoms with Crippen molar-refractivity contribution in [2.24, 2.45) is 5.41 Å². The van der Waals surface area contributed by atoms with Crippen LogP contribution in [0.1, 0.15) is 32.8 Å². The highest BCUT2D eigenvalue weighted by Gasteiger charge is 2.25. The molecule has 0 aliphatic rings. The fourth-order valence-corrected chi connectivity index (χ4v) is 1.61. The Kier molecular flexibility index (Phi) is 3.94. The van der Waals surface area contributed by atoms with E-state index < -0.39 is 11.4 Å². The van der Waals surface area contributed by atoms with Gasteiger partial charge in [0.25, 0.3) is 0 Å². The average Bonchev–Trinajstić information content (AvgIpc) is 2.26. The number of carboxylic acid groups (broad SMARTS) is 1. The molecule has 0 fully saturated rings. The minimum absolute atomic E-state index is 0.182. The van der Waals surface area contributed by atoms with Crippen molar-refractivity contribution in [3.63, 3.8) is 0 Å². The van der Waals surface area contributed by atoms with Gasteiger partial charge in [-0.1, -0.05) is 31.2 Å². The number of phenols is 1. The van der Waals surface area contributed by atoms with E-state index in [4.69, 9.17) is 5.11 Å². The molecule has 3 heteroatoms. The molecule has 0 atom stereocenters. The molecule has 0 saturated carbocycles. The minimum Gasteiger partial charge on any atom is -0.507 e. The molecule has 92 valence electrons. The summed E-state index contributed by atoms with van der Waals surface area (Å²) in [7, 11) is 0. The van der Waals surface area contributed by atoms with Gasteiger partial charge in [0.15, 0.2) is 0 Å². The molecule has 0 aliphatic heterocycles. The summed E-state index contributed by atoms with van der Waals surface area (Å²) in [6.45, 7) is 5.23. The highest BCUT2D eigenvalue weighted by atomic mass is 16.4. The lowest BCUT2D eigenvalue weighted by Gasteiger charge is -2.17. The third-order valence-corrected chi connectivity index (χ3v) is 2.72. The third-order valence-electron chi connectivity index (χ3n) is 2.72. The molecule has 0 saturated heterocycles. The van der Waals surface area contributed by atoms with E-state index in [-0.39, 0.29) is 5.75 Å². The van der Waals surface area contributed by atoms with Crippen molar-refractivity contribution in [3.8, 4) is 5.75 Å². The number of aliphatic carboxylic acids is 1. The zero-order valence-corrected chi connectivity index (χ0v) is 10.4. The standard InChI is InChI=1S/C14H18O3/c1-4-10(9-14(2,3)13(16)17)11-7-5-6-8-12(11)15/h5-9,15H,4H2,1-3H3,(H,16,17)/b10-9-. The van der Waals surface area contributed by atoms with Crippen LogP contribution in [-0.2, 0) is 4.79 Å². The Balaban J connectivity index is 3.21. The van der Waals surface area contributed by atoms with Crippen LogP contribution in [0.4, 0.5) is 0 Å². The van der Waals surface area contributed by atoms with Gasteiger partial charge in [0, 0.05) is 5.56 Å². The number of hydrogen-bond donors (Lipinski definition) is 2. The van der Waals surface area contributed by atoms with Gasteiger partial charge in [-0.15, -0.1) is 0 Å². The molecule has 1 aromatic carbocycles. The van der Waals surface area contributed by atoms with Gasteiger partial charge >= 0.3 is 5.97 Å². The van der Waals surface area contributed by atoms with E-state index in [0.29, 0.717) is 12.0 Å². The molecule has 2 N–H and O–H groups in total. The summed E-state index contributed by atoms with van der Waals surface area (Å²) in [4.78, 5) is 11.1. The lowest BCUT2D eigenvalue weighted by molar-refractivity contribution is -0.144. The maximum Gasteiger partial charge on any atom is 0.312 e. The summed E-state index contributed by atoms with van der Waals surface area (Å²) >= 11 is 0. The first kappa shape index (κ1) is 13.3. The number of aromatic hydroxyl groups is 1. The van der Waals surface area contributed by atoms with Crippen molar-refractivity contribution < 1.29 is 15.0 Å². The Morgan fingerprint density at radius 1 is 1.35 bits per heavy atom. The number of rotatable bonds is 4. The summed E-state index contributed by atoms with van der Waals surface area (Å²) in [6.07, 6.45) is 2.37. The van der Waals surface area contributed by atoms with Crippen LogP contribution in [0.2, 0.25) is 0 Å². The molecule has 0 bridgehead atoms. The second-order valence-electron chi connectivity index (χ2n) is 4.57. The van der Waals surface area contributed by atoms with Crippen LogP contribution < -0.4 is 0 Å². The molecule has 0 aromatic heterocycles. The molecule has 0 amide bonds. The quantitative estimate of drug-likeness (QED) is 0.840. The molecule has 1 aromatic rings. The van der Waals surface area contributed by atoms with E-state index in [1.807, 2.05) is 13.0 Å². The van der Waals surface area contributed by atoms with E-state index in [1.165, 1.54) is 0 Å². The van der Waals surface area contributed by atoms with Gasteiger partial charge in [-0.05, 0) is 31.9 Å². The van der Waals surface area contributed by atoms with Crippen LogP contribution in [0.5, 0.6) is 5.75 Å². The molecule has 17 heavy (non-hydrogen) atoms. The Hall–Kier alpha value is -1.77. The van der Waals surface area contributed by atoms with Crippen LogP contribution in [0.15, 0.2) is 30.3 Å². The number of benzene rings is 1. The number of para-hydroxylation sites is 1. The van der Waals surface area contributed by atoms with Crippen molar-refractivity contribution in [3.05, 3.63) is 35.9 Å². The molecule has 0 heterocycles. The lowest BCUT2D eigenvalue weighted by atomic mass is 9.88. The van der Waals surface area contributed by atoms with Crippen LogP contribution in [0.25, 0.3) is 5.57 Å². The van der Waals surface area contributed by atoms with Crippen molar-refractivity contribution >= 4 is 11.5 Å². The maximum absolute atomic E-state index is 11.1. The van der Waals surface area contributed by atoms with E-state index in [2.05, 4.69) is 0 Å². The highest BCUT2D eigenvalue weighted by molar-refractivity contribution is 5.81. The Bertz CT molecular complexity index is 445. The Morgan fingerprint density at radius 2 is 1.94 bits per heavy atom. The first-order chi connectivity index (χ1) is 7.88. The van der Waals surface area contributed by atoms with E-state index in [0.717, 1.165) is 5.57 Å². The van der Waals surface area contributed by atoms with Gasteiger partial charge in [-0.2, -0.15) is 0 Å². The molecule has 0 radical (unpaired) electrons. The second kappa shape index (κ2) is 5.04. The predicted octanol–water partition coefficient (Wildman–Crippen LogP) is 3.30. The number of phenolic OH excluding ortho intramolecular Hbond substituents is 1. The molecule has 0 spiro atoms. The number of carbonyl (C=O) groups is 1. The first-order valence-corrected chi connectivity index (χ1v) is 5.62. The zero-order valence-electron chi connectivity index (χ0n) is 10.4. The summed E-state index contributed by atoms with van der Waals surface area (Å²) in [5.74, 6) is -0.694. The lowest BCUT2D eigenvalue weighted by Crippen LogP contribution is -2.21. The number of allylic oxidation sites excluding steroid dienone is 1. The van der Waals surface area contributed by atoms with Gasteiger partial charge in [-0.3, -0.25) is 4.79 Å². The first-order valence-electron chi connectivity index (χ1n) is 5.62. The maximum atomic E-state index is 11.1. The normalized spacial score (nSPS) is 12.5. The van der Waals surface area contributed by atoms with Gasteiger partial charge in [0.05, 0.1) is 5.41 Å². The average molecular weight is 234 g/mol. The molecular formula is C14H18O3. The number of hydrogen-bond acceptors (Lipinski definition) is 2. The molecule has 1 rings (SSSR count). The third kappa shape index (κ3) is 3.09. The predicted molar refractivity (Wildman–Crippen MR) is 67.8 cm³/mol. The van der Waals surface area contributed by atoms with Crippen molar-refractivity contribution in [1.29, 1.82) is 0 Å². The van der Waals surface area contributed by atoms with E-state index in [1.54, 1.807) is 38.1 Å². The van der Waals surface area contributed by atoms with Gasteiger partial charge < -0.3 is 10.2 Å². The monoisotopic (exact) mass is 234 g/mol. The SMILES string of the molecule is CC/C(=C/C(C)(C)C(=O)O)c1ccccc1O. The molecule has 3 nitrogen and oxygen atoms in total. The van der Waals surface area contributed by atoms with Crippen LogP contribution in [0.3, 0.4) is 0 Å². The summed E-state index contributed by atoms with van der Waals surface area (Å²) in [5.41, 5.74) is 0.605. The summed E-state index contributed by atoms with van der Waals surface area (Å²) in [6, 6.07) is 6.97. The van der Waals surface area contributed by atoms with Gasteiger partial charge in [0.2, 0.25) is 0 Å². The van der Waals surface area contributed by atoms with Crippen molar-refractivity contribution in [2.75, 3.05) is 0 Å². The Morgan fingerprint density at radius 3 is 2.41 bits per heavy atom. The fraction of sp³-hybridized carbons (Fsp3) is 0.357. The molecular weight excluding hydrogens is 216 g/mol. The largest absolute Gasteiger partial charge is 0.507 e. The summed E-state index contributed by atoms with van der Waals surface area (Å²) in [5, 5.41) is 18.9. The van der Waals surface area contributed by atoms with Crippen LogP contribution in [0, 0.1) is 5.41 Å². The number of carboxylic acids is 1. The van der Waals surface area contributed by atoms with Crippen LogP contribution in [-0.4, -0.2) is 16.2 Å². The molecule has 0 unspecified atom stereocenters. The fourth-order valence-electron chi connectivity index (χ4n) is 1.61. The van der Waals surface area contributed by atoms with E-state index >= 15 is 0 Å². The topological polar surface area (TPSA) is 57.5 Å².